The lowest BCUT2D eigenvalue weighted by Gasteiger charge is -2.40. The van der Waals surface area contributed by atoms with Gasteiger partial charge in [-0.25, -0.2) is 9.97 Å². The highest BCUT2D eigenvalue weighted by atomic mass is 16.2. The molecule has 4 N–H and O–H groups in total. The van der Waals surface area contributed by atoms with E-state index in [1.54, 1.807) is 36.9 Å². The number of nitrogens with one attached hydrogen (secondary N) is 4. The lowest BCUT2D eigenvalue weighted by molar-refractivity contribution is 0.101. The zero-order chi connectivity index (χ0) is 79.9. The predicted octanol–water partition coefficient (Wildman–Crippen LogP) is 23.7. The molecule has 0 radical (unpaired) electrons. The molecule has 0 saturated heterocycles. The standard InChI is InChI=1S/C102H90N10O4/c1-61-43-81-44-62(2)93(61)109-97(113)77-51-73(69-27-31-71(32-28-69)75-57-89(85-23-11-19-39-103-85)107-90(58-75)86-24-12-20-40-104-86)52-78(55-77)98(114)111-95-65(5)47-83(48-66(95)6)102(37-17-10-18-38-102)84-49-67(7)96(68(8)50-84)112-100(116)80-54-74(53-79(56-80)99(115)110-94-63(3)45-82(46-64(94)4)101(81)35-15-9-16-36-101)70-29-33-72(34-30-70)76-59-91(87-25-13-21-41-105-87)108-92(60-76)88-26-14-22-42-106-88/h11-14,19-34,39-60H,9-10,15-18,35-38H2,1-8H3,(H,109,113)(H,110,115)(H,111,114)(H,112,116). The fourth-order valence-corrected chi connectivity index (χ4v) is 18.1. The number of anilines is 4. The van der Waals surface area contributed by atoms with Crippen LogP contribution >= 0.6 is 0 Å². The van der Waals surface area contributed by atoms with Crippen molar-refractivity contribution in [3.05, 3.63) is 344 Å². The van der Waals surface area contributed by atoms with Crippen molar-refractivity contribution in [3.8, 4) is 90.1 Å². The van der Waals surface area contributed by atoms with Crippen LogP contribution in [0.3, 0.4) is 0 Å². The van der Waals surface area contributed by atoms with Crippen molar-refractivity contribution in [2.24, 2.45) is 0 Å². The van der Waals surface area contributed by atoms with E-state index >= 15 is 19.2 Å². The molecule has 14 aromatic rings. The maximum absolute atomic E-state index is 15.4. The van der Waals surface area contributed by atoms with Crippen LogP contribution in [0.5, 0.6) is 0 Å². The van der Waals surface area contributed by atoms with Crippen molar-refractivity contribution in [1.29, 1.82) is 0 Å². The normalized spacial score (nSPS) is 14.7. The largest absolute Gasteiger partial charge is 0.322 e. The van der Waals surface area contributed by atoms with Gasteiger partial charge in [0.1, 0.15) is 0 Å². The molecule has 116 heavy (non-hydrogen) atoms. The monoisotopic (exact) mass is 1520 g/mol. The highest BCUT2D eigenvalue weighted by Gasteiger charge is 2.40. The molecule has 6 aromatic heterocycles. The van der Waals surface area contributed by atoms with Crippen molar-refractivity contribution >= 4 is 46.4 Å². The third kappa shape index (κ3) is 14.9. The Morgan fingerprint density at radius 3 is 0.638 bits per heavy atom. The summed E-state index contributed by atoms with van der Waals surface area (Å²) in [5, 5.41) is 13.5. The zero-order valence-corrected chi connectivity index (χ0v) is 66.6. The van der Waals surface area contributed by atoms with E-state index < -0.39 is 0 Å². The summed E-state index contributed by atoms with van der Waals surface area (Å²) in [5.41, 5.74) is 27.9. The minimum Gasteiger partial charge on any atom is -0.322 e. The lowest BCUT2D eigenvalue weighted by atomic mass is 9.64. The Kier molecular flexibility index (Phi) is 20.4. The molecule has 572 valence electrons. The van der Waals surface area contributed by atoms with E-state index in [-0.39, 0.29) is 34.5 Å². The number of aryl methyl sites for hydroxylation is 8. The Hall–Kier alpha value is -13.5. The summed E-state index contributed by atoms with van der Waals surface area (Å²) in [7, 11) is 0. The molecular weight excluding hydrogens is 1430 g/mol. The van der Waals surface area contributed by atoms with Crippen LogP contribution in [0.15, 0.2) is 255 Å². The number of amides is 4. The van der Waals surface area contributed by atoms with Gasteiger partial charge in [0.15, 0.2) is 0 Å². The molecule has 2 aliphatic carbocycles. The minimum absolute atomic E-state index is 0.328. The number of hydrogen-bond donors (Lipinski definition) is 4. The molecule has 16 heterocycles. The third-order valence-corrected chi connectivity index (χ3v) is 24.1. The second-order valence-corrected chi connectivity index (χ2v) is 31.9. The molecule has 0 unspecified atom stereocenters. The number of benzene rings is 8. The summed E-state index contributed by atoms with van der Waals surface area (Å²) < 4.78 is 0. The lowest BCUT2D eigenvalue weighted by Crippen LogP contribution is -2.31. The van der Waals surface area contributed by atoms with Gasteiger partial charge in [0, 0.05) is 80.6 Å². The fourth-order valence-electron chi connectivity index (χ4n) is 18.1. The van der Waals surface area contributed by atoms with Crippen molar-refractivity contribution in [2.75, 3.05) is 21.3 Å². The summed E-state index contributed by atoms with van der Waals surface area (Å²) in [6.07, 6.45) is 17.0. The second-order valence-electron chi connectivity index (χ2n) is 31.9. The van der Waals surface area contributed by atoms with Gasteiger partial charge in [-0.3, -0.25) is 39.1 Å². The molecule has 4 amide bonds. The first-order chi connectivity index (χ1) is 56.3. The van der Waals surface area contributed by atoms with Gasteiger partial charge in [-0.1, -0.05) is 160 Å². The van der Waals surface area contributed by atoms with E-state index in [4.69, 9.17) is 9.97 Å². The summed E-state index contributed by atoms with van der Waals surface area (Å²) in [6.45, 7) is 16.5. The van der Waals surface area contributed by atoms with Crippen LogP contribution in [-0.2, 0) is 10.8 Å². The smallest absolute Gasteiger partial charge is 0.255 e. The van der Waals surface area contributed by atoms with E-state index in [1.807, 2.05) is 146 Å². The Balaban J connectivity index is 0.759. The van der Waals surface area contributed by atoms with Gasteiger partial charge in [-0.15, -0.1) is 0 Å². The van der Waals surface area contributed by atoms with Crippen LogP contribution in [0.4, 0.5) is 22.7 Å². The van der Waals surface area contributed by atoms with Crippen LogP contribution in [0.2, 0.25) is 0 Å². The molecule has 14 heteroatoms. The first kappa shape index (κ1) is 75.2. The highest BCUT2D eigenvalue weighted by Crippen LogP contribution is 2.50. The Morgan fingerprint density at radius 2 is 0.431 bits per heavy atom. The van der Waals surface area contributed by atoms with E-state index in [0.717, 1.165) is 187 Å². The van der Waals surface area contributed by atoms with Crippen LogP contribution < -0.4 is 21.3 Å². The molecule has 12 aliphatic rings. The molecule has 2 saturated carbocycles. The molecule has 10 aliphatic heterocycles. The van der Waals surface area contributed by atoms with Gasteiger partial charge in [0.2, 0.25) is 0 Å². The molecule has 8 aromatic carbocycles. The van der Waals surface area contributed by atoms with E-state index in [9.17, 15) is 0 Å². The van der Waals surface area contributed by atoms with Gasteiger partial charge >= 0.3 is 0 Å². The fraction of sp³-hybridized carbons (Fsp3) is 0.196. The van der Waals surface area contributed by atoms with Crippen molar-refractivity contribution in [2.45, 2.75) is 130 Å². The van der Waals surface area contributed by atoms with E-state index in [2.05, 4.69) is 169 Å². The molecule has 2 fully saturated rings. The third-order valence-electron chi connectivity index (χ3n) is 24.1. The Morgan fingerprint density at radius 1 is 0.224 bits per heavy atom. The zero-order valence-electron chi connectivity index (χ0n) is 66.6. The van der Waals surface area contributed by atoms with Crippen LogP contribution in [0.1, 0.15) is 172 Å². The number of nitrogens with zero attached hydrogens (tertiary/aromatic N) is 6. The average Bonchev–Trinajstić information content (AvgIpc) is 0.753. The average molecular weight is 1520 g/mol. The van der Waals surface area contributed by atoms with E-state index in [0.29, 0.717) is 78.9 Å². The predicted molar refractivity (Wildman–Crippen MR) is 466 cm³/mol. The molecule has 12 bridgehead atoms. The number of aromatic nitrogens is 6. The number of rotatable bonds is 8. The Labute approximate surface area is 677 Å². The summed E-state index contributed by atoms with van der Waals surface area (Å²) in [5.74, 6) is -1.39. The van der Waals surface area contributed by atoms with Crippen molar-refractivity contribution in [3.63, 3.8) is 0 Å². The van der Waals surface area contributed by atoms with Crippen LogP contribution in [-0.4, -0.2) is 53.5 Å². The summed E-state index contributed by atoms with van der Waals surface area (Å²) >= 11 is 0. The summed E-state index contributed by atoms with van der Waals surface area (Å²) in [4.78, 5) is 90.1. The molecule has 14 nitrogen and oxygen atoms in total. The molecular formula is C102H90N10O4. The van der Waals surface area contributed by atoms with Gasteiger partial charge < -0.3 is 21.3 Å². The van der Waals surface area contributed by atoms with Crippen LogP contribution in [0.25, 0.3) is 90.1 Å². The first-order valence-corrected chi connectivity index (χ1v) is 40.2. The van der Waals surface area contributed by atoms with Gasteiger partial charge in [0.05, 0.1) is 45.6 Å². The SMILES string of the molecule is Cc1cc2cc(C)c1NC(=O)c1cc(cc(-c3ccc(-c4cc(-c5ccccn5)nc(-c5ccccn5)c4)cc3)c1)C(=O)Nc1c(C)cc(cc1C)C1(CCCCC1)c1cc(C)c(c(C)c1)NC(=O)c1cc(cc(-c3ccc(-c4cc(-c5ccccn5)nc(-c5ccccn5)c4)cc3)c1)C(=O)Nc1c(C)cc(cc1C)C21CCCCC1. The number of pyridine rings is 6. The van der Waals surface area contributed by atoms with Crippen molar-refractivity contribution in [1.82, 2.24) is 29.9 Å². The molecule has 0 atom stereocenters. The van der Waals surface area contributed by atoms with Gasteiger partial charge in [0.25, 0.3) is 23.6 Å². The second kappa shape index (κ2) is 31.5. The minimum atomic E-state index is -0.378. The van der Waals surface area contributed by atoms with Gasteiger partial charge in [-0.2, -0.15) is 0 Å². The van der Waals surface area contributed by atoms with Gasteiger partial charge in [-0.05, 0) is 302 Å². The molecule has 2 spiro atoms. The highest BCUT2D eigenvalue weighted by molar-refractivity contribution is 6.12. The molecule has 26 rings (SSSR count). The topological polar surface area (TPSA) is 194 Å². The number of carbonyl (C=O) groups is 4. The van der Waals surface area contributed by atoms with Crippen LogP contribution in [0, 0.1) is 55.4 Å². The maximum atomic E-state index is 15.4. The Bertz CT molecular complexity index is 5420. The van der Waals surface area contributed by atoms with E-state index in [1.165, 1.54) is 0 Å². The first-order valence-electron chi connectivity index (χ1n) is 40.2. The maximum Gasteiger partial charge on any atom is 0.255 e. The number of hydrogen-bond acceptors (Lipinski definition) is 10. The quantitative estimate of drug-likeness (QED) is 0.114. The number of carbonyl (C=O) groups excluding carboxylic acids is 4. The summed E-state index contributed by atoms with van der Waals surface area (Å²) in [6, 6.07) is 76.6. The van der Waals surface area contributed by atoms with Crippen molar-refractivity contribution < 1.29 is 19.2 Å².